The normalized spacial score (nSPS) is 12.9. The maximum Gasteiger partial charge on any atom is 0.119 e. The minimum atomic E-state index is 0.285. The van der Waals surface area contributed by atoms with Gasteiger partial charge >= 0.3 is 0 Å². The molecule has 66 valence electrons. The summed E-state index contributed by atoms with van der Waals surface area (Å²) in [5, 5.41) is 8.68. The van der Waals surface area contributed by atoms with Crippen LogP contribution in [0, 0.1) is 5.92 Å². The van der Waals surface area contributed by atoms with Gasteiger partial charge in [0.1, 0.15) is 6.29 Å². The van der Waals surface area contributed by atoms with Gasteiger partial charge < -0.3 is 9.90 Å². The van der Waals surface area contributed by atoms with Gasteiger partial charge in [-0.3, -0.25) is 0 Å². The number of aliphatic hydroxyl groups excluding tert-OH is 1. The van der Waals surface area contributed by atoms with Crippen molar-refractivity contribution in [2.45, 2.75) is 39.0 Å². The highest BCUT2D eigenvalue weighted by Gasteiger charge is 1.98. The molecule has 0 saturated carbocycles. The summed E-state index contributed by atoms with van der Waals surface area (Å²) in [6.45, 7) is 2.33. The van der Waals surface area contributed by atoms with Crippen LogP contribution in [0.2, 0.25) is 0 Å². The Labute approximate surface area is 68.6 Å². The molecule has 0 bridgehead atoms. The van der Waals surface area contributed by atoms with Crippen molar-refractivity contribution in [3.05, 3.63) is 0 Å². The number of unbranched alkanes of at least 4 members (excludes halogenated alkanes) is 3. The Hall–Kier alpha value is -0.370. The average molecular weight is 158 g/mol. The molecule has 1 N–H and O–H groups in total. The highest BCUT2D eigenvalue weighted by atomic mass is 16.3. The molecule has 0 aliphatic rings. The third-order valence-corrected chi connectivity index (χ3v) is 1.83. The van der Waals surface area contributed by atoms with E-state index in [2.05, 4.69) is 0 Å². The predicted molar refractivity (Wildman–Crippen MR) is 45.4 cm³/mol. The van der Waals surface area contributed by atoms with Crippen LogP contribution in [-0.4, -0.2) is 18.0 Å². The molecule has 0 spiro atoms. The number of aldehydes is 1. The lowest BCUT2D eigenvalue weighted by Crippen LogP contribution is -1.99. The van der Waals surface area contributed by atoms with Crippen LogP contribution in [0.5, 0.6) is 0 Å². The second-order valence-electron chi connectivity index (χ2n) is 3.09. The van der Waals surface area contributed by atoms with Crippen molar-refractivity contribution in [3.63, 3.8) is 0 Å². The summed E-state index contributed by atoms with van der Waals surface area (Å²) in [6.07, 6.45) is 5.98. The summed E-state index contributed by atoms with van der Waals surface area (Å²) in [6, 6.07) is 0. The van der Waals surface area contributed by atoms with Gasteiger partial charge in [0, 0.05) is 13.0 Å². The van der Waals surface area contributed by atoms with Gasteiger partial charge in [-0.2, -0.15) is 0 Å². The zero-order valence-electron chi connectivity index (χ0n) is 7.25. The zero-order chi connectivity index (χ0) is 8.53. The molecule has 0 aliphatic carbocycles. The predicted octanol–water partition coefficient (Wildman–Crippen LogP) is 1.76. The number of hydrogen-bond donors (Lipinski definition) is 1. The van der Waals surface area contributed by atoms with E-state index in [1.165, 1.54) is 0 Å². The van der Waals surface area contributed by atoms with Crippen molar-refractivity contribution in [1.82, 2.24) is 0 Å². The van der Waals surface area contributed by atoms with E-state index >= 15 is 0 Å². The SMILES string of the molecule is CC(CO)CCCCCC=O. The number of hydrogen-bond acceptors (Lipinski definition) is 2. The van der Waals surface area contributed by atoms with Crippen LogP contribution in [0.4, 0.5) is 0 Å². The van der Waals surface area contributed by atoms with Crippen LogP contribution < -0.4 is 0 Å². The highest BCUT2D eigenvalue weighted by Crippen LogP contribution is 2.08. The topological polar surface area (TPSA) is 37.3 Å². The summed E-state index contributed by atoms with van der Waals surface area (Å²) >= 11 is 0. The van der Waals surface area contributed by atoms with Gasteiger partial charge in [0.2, 0.25) is 0 Å². The zero-order valence-corrected chi connectivity index (χ0v) is 7.25. The molecule has 0 aliphatic heterocycles. The Bertz CT molecular complexity index is 91.6. The number of aliphatic hydroxyl groups is 1. The summed E-state index contributed by atoms with van der Waals surface area (Å²) < 4.78 is 0. The molecule has 0 fully saturated rings. The van der Waals surface area contributed by atoms with E-state index in [-0.39, 0.29) is 6.61 Å². The molecular formula is C9H18O2. The van der Waals surface area contributed by atoms with Crippen LogP contribution >= 0.6 is 0 Å². The van der Waals surface area contributed by atoms with E-state index in [0.717, 1.165) is 32.0 Å². The molecule has 0 aromatic carbocycles. The van der Waals surface area contributed by atoms with Crippen molar-refractivity contribution in [2.75, 3.05) is 6.61 Å². The lowest BCUT2D eigenvalue weighted by Gasteiger charge is -2.05. The van der Waals surface area contributed by atoms with Crippen LogP contribution in [0.3, 0.4) is 0 Å². The van der Waals surface area contributed by atoms with Gasteiger partial charge in [-0.15, -0.1) is 0 Å². The van der Waals surface area contributed by atoms with Gasteiger partial charge in [-0.05, 0) is 18.8 Å². The third-order valence-electron chi connectivity index (χ3n) is 1.83. The Balaban J connectivity index is 2.95. The van der Waals surface area contributed by atoms with Crippen LogP contribution in [0.25, 0.3) is 0 Å². The maximum absolute atomic E-state index is 9.92. The lowest BCUT2D eigenvalue weighted by atomic mass is 10.0. The standard InChI is InChI=1S/C9H18O2/c1-9(8-11)6-4-2-3-5-7-10/h7,9,11H,2-6,8H2,1H3. The van der Waals surface area contributed by atoms with E-state index in [1.54, 1.807) is 0 Å². The van der Waals surface area contributed by atoms with Gasteiger partial charge in [0.05, 0.1) is 0 Å². The largest absolute Gasteiger partial charge is 0.396 e. The molecular weight excluding hydrogens is 140 g/mol. The van der Waals surface area contributed by atoms with Gasteiger partial charge in [0.15, 0.2) is 0 Å². The molecule has 0 aromatic rings. The van der Waals surface area contributed by atoms with Crippen molar-refractivity contribution in [2.24, 2.45) is 5.92 Å². The van der Waals surface area contributed by atoms with Gasteiger partial charge in [-0.25, -0.2) is 0 Å². The van der Waals surface area contributed by atoms with Crippen molar-refractivity contribution < 1.29 is 9.90 Å². The Morgan fingerprint density at radius 3 is 2.64 bits per heavy atom. The fourth-order valence-corrected chi connectivity index (χ4v) is 0.989. The Kier molecular flexibility index (Phi) is 7.47. The first-order valence-corrected chi connectivity index (χ1v) is 4.35. The minimum Gasteiger partial charge on any atom is -0.396 e. The molecule has 2 nitrogen and oxygen atoms in total. The van der Waals surface area contributed by atoms with Crippen LogP contribution in [-0.2, 0) is 4.79 Å². The number of carbonyl (C=O) groups is 1. The van der Waals surface area contributed by atoms with Crippen molar-refractivity contribution in [1.29, 1.82) is 0 Å². The second-order valence-corrected chi connectivity index (χ2v) is 3.09. The third kappa shape index (κ3) is 7.53. The maximum atomic E-state index is 9.92. The monoisotopic (exact) mass is 158 g/mol. The van der Waals surface area contributed by atoms with Crippen LogP contribution in [0.15, 0.2) is 0 Å². The molecule has 1 unspecified atom stereocenters. The number of rotatable bonds is 7. The minimum absolute atomic E-state index is 0.285. The van der Waals surface area contributed by atoms with Gasteiger partial charge in [0.25, 0.3) is 0 Å². The van der Waals surface area contributed by atoms with Crippen LogP contribution in [0.1, 0.15) is 39.0 Å². The summed E-state index contributed by atoms with van der Waals surface area (Å²) in [5.41, 5.74) is 0. The Morgan fingerprint density at radius 2 is 2.09 bits per heavy atom. The van der Waals surface area contributed by atoms with E-state index in [0.29, 0.717) is 12.3 Å². The van der Waals surface area contributed by atoms with E-state index in [1.807, 2.05) is 6.92 Å². The molecule has 0 saturated heterocycles. The van der Waals surface area contributed by atoms with Gasteiger partial charge in [-0.1, -0.05) is 19.8 Å². The van der Waals surface area contributed by atoms with E-state index in [4.69, 9.17) is 5.11 Å². The first kappa shape index (κ1) is 10.6. The molecule has 0 amide bonds. The molecule has 0 radical (unpaired) electrons. The van der Waals surface area contributed by atoms with E-state index < -0.39 is 0 Å². The Morgan fingerprint density at radius 1 is 1.36 bits per heavy atom. The molecule has 1 atom stereocenters. The smallest absolute Gasteiger partial charge is 0.119 e. The quantitative estimate of drug-likeness (QED) is 0.453. The lowest BCUT2D eigenvalue weighted by molar-refractivity contribution is -0.107. The second kappa shape index (κ2) is 7.73. The number of carbonyl (C=O) groups excluding carboxylic acids is 1. The fourth-order valence-electron chi connectivity index (χ4n) is 0.989. The molecule has 11 heavy (non-hydrogen) atoms. The van der Waals surface area contributed by atoms with Crippen molar-refractivity contribution in [3.8, 4) is 0 Å². The first-order valence-electron chi connectivity index (χ1n) is 4.35. The molecule has 0 aromatic heterocycles. The highest BCUT2D eigenvalue weighted by molar-refractivity contribution is 5.48. The molecule has 2 heteroatoms. The average Bonchev–Trinajstić information content (AvgIpc) is 2.04. The summed E-state index contributed by atoms with van der Waals surface area (Å²) in [7, 11) is 0. The summed E-state index contributed by atoms with van der Waals surface area (Å²) in [4.78, 5) is 9.92. The molecule has 0 heterocycles. The first-order chi connectivity index (χ1) is 5.31. The van der Waals surface area contributed by atoms with Crippen molar-refractivity contribution >= 4 is 6.29 Å². The van der Waals surface area contributed by atoms with E-state index in [9.17, 15) is 4.79 Å². The fraction of sp³-hybridized carbons (Fsp3) is 0.889. The summed E-state index contributed by atoms with van der Waals surface area (Å²) in [5.74, 6) is 0.422. The molecule has 0 rings (SSSR count).